The van der Waals surface area contributed by atoms with Gasteiger partial charge >= 0.3 is 0 Å². The van der Waals surface area contributed by atoms with E-state index in [1.165, 1.54) is 23.4 Å². The number of amides is 1. The number of carbonyl (C=O) groups is 1. The van der Waals surface area contributed by atoms with Gasteiger partial charge in [0.25, 0.3) is 10.0 Å². The van der Waals surface area contributed by atoms with Gasteiger partial charge in [-0.15, -0.1) is 0 Å². The number of hydrogen-bond donors (Lipinski definition) is 1. The number of rotatable bonds is 7. The first kappa shape index (κ1) is 22.4. The lowest BCUT2D eigenvalue weighted by molar-refractivity contribution is -0.114. The fourth-order valence-electron chi connectivity index (χ4n) is 3.33. The van der Waals surface area contributed by atoms with Crippen molar-refractivity contribution in [2.45, 2.75) is 31.7 Å². The first-order valence-electron chi connectivity index (χ1n) is 9.85. The van der Waals surface area contributed by atoms with Gasteiger partial charge in [0.15, 0.2) is 0 Å². The molecular weight excluding hydrogens is 412 g/mol. The highest BCUT2D eigenvalue weighted by molar-refractivity contribution is 7.92. The fourth-order valence-corrected chi connectivity index (χ4v) is 4.97. The average Bonchev–Trinajstić information content (AvgIpc) is 2.75. The van der Waals surface area contributed by atoms with Crippen LogP contribution in [0, 0.1) is 6.92 Å². The predicted octanol–water partition coefficient (Wildman–Crippen LogP) is 4.92. The fraction of sp³-hybridized carbons (Fsp3) is 0.208. The van der Waals surface area contributed by atoms with Crippen LogP contribution in [-0.2, 0) is 14.8 Å². The van der Waals surface area contributed by atoms with Gasteiger partial charge in [0, 0.05) is 12.6 Å². The van der Waals surface area contributed by atoms with Gasteiger partial charge < -0.3 is 10.1 Å². The molecule has 1 N–H and O–H groups in total. The Morgan fingerprint density at radius 2 is 1.65 bits per heavy atom. The standard InChI is InChI=1S/C24H26N2O4S/c1-17-8-12-22(13-9-17)26(18(2)20-6-5-7-23(16-20)30-4)31(28,29)24-14-10-21(11-15-24)25-19(3)27/h5-16,18H,1-4H3,(H,25,27). The van der Waals surface area contributed by atoms with Gasteiger partial charge in [-0.3, -0.25) is 9.10 Å². The predicted molar refractivity (Wildman–Crippen MR) is 123 cm³/mol. The van der Waals surface area contributed by atoms with E-state index < -0.39 is 16.1 Å². The number of ether oxygens (including phenoxy) is 1. The molecule has 31 heavy (non-hydrogen) atoms. The molecule has 162 valence electrons. The van der Waals surface area contributed by atoms with Crippen molar-refractivity contribution >= 4 is 27.3 Å². The molecule has 1 unspecified atom stereocenters. The molecule has 3 rings (SSSR count). The normalized spacial score (nSPS) is 12.1. The van der Waals surface area contributed by atoms with Gasteiger partial charge in [-0.2, -0.15) is 0 Å². The van der Waals surface area contributed by atoms with E-state index in [0.717, 1.165) is 11.1 Å². The van der Waals surface area contributed by atoms with E-state index in [0.29, 0.717) is 17.1 Å². The number of aryl methyl sites for hydroxylation is 1. The smallest absolute Gasteiger partial charge is 0.264 e. The molecule has 1 amide bonds. The van der Waals surface area contributed by atoms with Crippen molar-refractivity contribution in [1.29, 1.82) is 0 Å². The number of hydrogen-bond acceptors (Lipinski definition) is 4. The molecule has 0 aliphatic carbocycles. The summed E-state index contributed by atoms with van der Waals surface area (Å²) in [6.07, 6.45) is 0. The second-order valence-corrected chi connectivity index (χ2v) is 9.11. The van der Waals surface area contributed by atoms with E-state index in [-0.39, 0.29) is 10.8 Å². The number of methoxy groups -OCH3 is 1. The van der Waals surface area contributed by atoms with Crippen molar-refractivity contribution in [3.63, 3.8) is 0 Å². The number of nitrogens with one attached hydrogen (secondary N) is 1. The molecule has 3 aromatic rings. The van der Waals surface area contributed by atoms with E-state index >= 15 is 0 Å². The Balaban J connectivity index is 2.08. The van der Waals surface area contributed by atoms with Crippen molar-refractivity contribution in [1.82, 2.24) is 0 Å². The maximum Gasteiger partial charge on any atom is 0.264 e. The first-order valence-corrected chi connectivity index (χ1v) is 11.3. The molecule has 6 nitrogen and oxygen atoms in total. The third-order valence-electron chi connectivity index (χ3n) is 4.95. The van der Waals surface area contributed by atoms with Crippen LogP contribution in [0.2, 0.25) is 0 Å². The number of carbonyl (C=O) groups excluding carboxylic acids is 1. The van der Waals surface area contributed by atoms with Crippen LogP contribution in [0.4, 0.5) is 11.4 Å². The minimum atomic E-state index is -3.90. The third-order valence-corrected chi connectivity index (χ3v) is 6.86. The average molecular weight is 439 g/mol. The zero-order chi connectivity index (χ0) is 22.6. The Hall–Kier alpha value is -3.32. The minimum Gasteiger partial charge on any atom is -0.497 e. The molecule has 0 heterocycles. The Kier molecular flexibility index (Phi) is 6.65. The van der Waals surface area contributed by atoms with Crippen LogP contribution >= 0.6 is 0 Å². The van der Waals surface area contributed by atoms with Crippen LogP contribution in [0.5, 0.6) is 5.75 Å². The maximum atomic E-state index is 13.7. The van der Waals surface area contributed by atoms with E-state index in [1.807, 2.05) is 50.2 Å². The topological polar surface area (TPSA) is 75.7 Å². The Labute approximate surface area is 183 Å². The molecule has 0 bridgehead atoms. The molecule has 0 saturated heterocycles. The summed E-state index contributed by atoms with van der Waals surface area (Å²) in [6, 6.07) is 20.4. The molecule has 0 aliphatic heterocycles. The summed E-state index contributed by atoms with van der Waals surface area (Å²) in [5.74, 6) is 0.439. The van der Waals surface area contributed by atoms with Crippen molar-refractivity contribution in [3.8, 4) is 5.75 Å². The lowest BCUT2D eigenvalue weighted by Gasteiger charge is -2.31. The highest BCUT2D eigenvalue weighted by Gasteiger charge is 2.30. The van der Waals surface area contributed by atoms with Gasteiger partial charge in [-0.05, 0) is 67.9 Å². The lowest BCUT2D eigenvalue weighted by atomic mass is 10.1. The largest absolute Gasteiger partial charge is 0.497 e. The van der Waals surface area contributed by atoms with Crippen LogP contribution in [0.15, 0.2) is 77.7 Å². The van der Waals surface area contributed by atoms with E-state index in [1.54, 1.807) is 31.4 Å². The van der Waals surface area contributed by atoms with E-state index in [9.17, 15) is 13.2 Å². The quantitative estimate of drug-likeness (QED) is 0.568. The Morgan fingerprint density at radius 1 is 1.00 bits per heavy atom. The summed E-state index contributed by atoms with van der Waals surface area (Å²) in [7, 11) is -2.32. The van der Waals surface area contributed by atoms with Gasteiger partial charge in [0.2, 0.25) is 5.91 Å². The molecule has 7 heteroatoms. The minimum absolute atomic E-state index is 0.136. The maximum absolute atomic E-state index is 13.7. The molecule has 0 aliphatic rings. The van der Waals surface area contributed by atoms with Crippen LogP contribution in [0.3, 0.4) is 0 Å². The van der Waals surface area contributed by atoms with Crippen LogP contribution < -0.4 is 14.4 Å². The molecule has 0 aromatic heterocycles. The lowest BCUT2D eigenvalue weighted by Crippen LogP contribution is -2.33. The molecule has 0 fully saturated rings. The second-order valence-electron chi connectivity index (χ2n) is 7.29. The molecule has 3 aromatic carbocycles. The van der Waals surface area contributed by atoms with Crippen LogP contribution in [0.25, 0.3) is 0 Å². The van der Waals surface area contributed by atoms with Crippen LogP contribution in [-0.4, -0.2) is 21.4 Å². The summed E-state index contributed by atoms with van der Waals surface area (Å²) in [4.78, 5) is 11.4. The summed E-state index contributed by atoms with van der Waals surface area (Å²) in [5.41, 5.74) is 2.94. The van der Waals surface area contributed by atoms with Crippen LogP contribution in [0.1, 0.15) is 31.0 Å². The summed E-state index contributed by atoms with van der Waals surface area (Å²) in [6.45, 7) is 5.20. The summed E-state index contributed by atoms with van der Waals surface area (Å²) >= 11 is 0. The molecule has 0 radical (unpaired) electrons. The summed E-state index contributed by atoms with van der Waals surface area (Å²) < 4.78 is 34.2. The third kappa shape index (κ3) is 5.06. The summed E-state index contributed by atoms with van der Waals surface area (Å²) in [5, 5.41) is 2.65. The second kappa shape index (κ2) is 9.22. The first-order chi connectivity index (χ1) is 14.7. The zero-order valence-corrected chi connectivity index (χ0v) is 18.8. The van der Waals surface area contributed by atoms with Crippen molar-refractivity contribution in [3.05, 3.63) is 83.9 Å². The Bertz CT molecular complexity index is 1160. The van der Waals surface area contributed by atoms with Gasteiger partial charge in [-0.1, -0.05) is 29.8 Å². The van der Waals surface area contributed by atoms with Crippen molar-refractivity contribution in [2.24, 2.45) is 0 Å². The SMILES string of the molecule is COc1cccc(C(C)N(c2ccc(C)cc2)S(=O)(=O)c2ccc(NC(C)=O)cc2)c1. The number of sulfonamides is 1. The zero-order valence-electron chi connectivity index (χ0n) is 18.0. The highest BCUT2D eigenvalue weighted by Crippen LogP contribution is 2.34. The Morgan fingerprint density at radius 3 is 2.23 bits per heavy atom. The van der Waals surface area contributed by atoms with Crippen molar-refractivity contribution in [2.75, 3.05) is 16.7 Å². The number of benzene rings is 3. The molecule has 0 saturated carbocycles. The van der Waals surface area contributed by atoms with Gasteiger partial charge in [0.05, 0.1) is 23.7 Å². The van der Waals surface area contributed by atoms with Crippen molar-refractivity contribution < 1.29 is 17.9 Å². The van der Waals surface area contributed by atoms with E-state index in [2.05, 4.69) is 5.32 Å². The number of nitrogens with zero attached hydrogens (tertiary/aromatic N) is 1. The number of anilines is 2. The van der Waals surface area contributed by atoms with Gasteiger partial charge in [-0.25, -0.2) is 8.42 Å². The van der Waals surface area contributed by atoms with Gasteiger partial charge in [0.1, 0.15) is 5.75 Å². The van der Waals surface area contributed by atoms with E-state index in [4.69, 9.17) is 4.74 Å². The molecular formula is C24H26N2O4S. The molecule has 0 spiro atoms. The monoisotopic (exact) mass is 438 g/mol. The molecule has 1 atom stereocenters. The highest BCUT2D eigenvalue weighted by atomic mass is 32.2.